The predicted octanol–water partition coefficient (Wildman–Crippen LogP) is -0.708. The molecule has 8 nitrogen and oxygen atoms in total. The molecule has 1 unspecified atom stereocenters. The van der Waals surface area contributed by atoms with Crippen LogP contribution in [0.25, 0.3) is 0 Å². The van der Waals surface area contributed by atoms with Crippen LogP contribution < -0.4 is 16.1 Å². The van der Waals surface area contributed by atoms with E-state index in [2.05, 4.69) is 15.2 Å². The van der Waals surface area contributed by atoms with Gasteiger partial charge in [0.25, 0.3) is 5.56 Å². The summed E-state index contributed by atoms with van der Waals surface area (Å²) >= 11 is 0. The van der Waals surface area contributed by atoms with Crippen molar-refractivity contribution in [2.75, 3.05) is 11.4 Å². The van der Waals surface area contributed by atoms with Crippen LogP contribution in [0.2, 0.25) is 0 Å². The van der Waals surface area contributed by atoms with Gasteiger partial charge in [0.05, 0.1) is 6.42 Å². The fourth-order valence-corrected chi connectivity index (χ4v) is 2.23. The van der Waals surface area contributed by atoms with Crippen LogP contribution in [-0.2, 0) is 4.79 Å². The number of nitrogens with one attached hydrogen (secondary N) is 2. The van der Waals surface area contributed by atoms with E-state index in [0.717, 1.165) is 12.8 Å². The molecule has 1 aromatic rings. The average Bonchev–Trinajstić information content (AvgIpc) is 2.30. The van der Waals surface area contributed by atoms with Crippen LogP contribution in [0.15, 0.2) is 9.59 Å². The van der Waals surface area contributed by atoms with Gasteiger partial charge >= 0.3 is 11.7 Å². The van der Waals surface area contributed by atoms with Gasteiger partial charge in [-0.3, -0.25) is 14.6 Å². The summed E-state index contributed by atoms with van der Waals surface area (Å²) in [4.78, 5) is 37.1. The van der Waals surface area contributed by atoms with E-state index in [9.17, 15) is 14.4 Å². The van der Waals surface area contributed by atoms with Crippen LogP contribution >= 0.6 is 0 Å². The van der Waals surface area contributed by atoms with Gasteiger partial charge in [-0.25, -0.2) is 9.89 Å². The number of anilines is 1. The maximum absolute atomic E-state index is 11.6. The summed E-state index contributed by atoms with van der Waals surface area (Å²) in [7, 11) is 0. The molecule has 2 heterocycles. The van der Waals surface area contributed by atoms with Crippen molar-refractivity contribution in [1.82, 2.24) is 15.2 Å². The second-order valence-electron chi connectivity index (χ2n) is 4.27. The highest BCUT2D eigenvalue weighted by atomic mass is 16.4. The number of aromatic nitrogens is 3. The van der Waals surface area contributed by atoms with Crippen LogP contribution in [0.5, 0.6) is 0 Å². The van der Waals surface area contributed by atoms with Gasteiger partial charge in [-0.1, -0.05) is 0 Å². The quantitative estimate of drug-likeness (QED) is 0.655. The Labute approximate surface area is 102 Å². The topological polar surface area (TPSA) is 119 Å². The monoisotopic (exact) mass is 254 g/mol. The summed E-state index contributed by atoms with van der Waals surface area (Å²) in [6.45, 7) is 0.570. The maximum atomic E-state index is 11.6. The first-order valence-electron chi connectivity index (χ1n) is 5.75. The van der Waals surface area contributed by atoms with Crippen molar-refractivity contribution in [2.45, 2.75) is 31.7 Å². The number of carbonyl (C=O) groups is 1. The second-order valence-corrected chi connectivity index (χ2v) is 4.27. The Hall–Kier alpha value is -2.12. The Morgan fingerprint density at radius 2 is 2.22 bits per heavy atom. The second kappa shape index (κ2) is 5.03. The fourth-order valence-electron chi connectivity index (χ4n) is 2.23. The molecule has 0 bridgehead atoms. The van der Waals surface area contributed by atoms with Gasteiger partial charge in [0.2, 0.25) is 5.82 Å². The van der Waals surface area contributed by atoms with Crippen molar-refractivity contribution in [3.8, 4) is 0 Å². The third-order valence-corrected chi connectivity index (χ3v) is 3.00. The lowest BCUT2D eigenvalue weighted by molar-refractivity contribution is -0.137. The summed E-state index contributed by atoms with van der Waals surface area (Å²) in [5.41, 5.74) is -1.26. The molecule has 0 radical (unpaired) electrons. The highest BCUT2D eigenvalue weighted by molar-refractivity contribution is 5.68. The van der Waals surface area contributed by atoms with Crippen molar-refractivity contribution in [3.63, 3.8) is 0 Å². The molecule has 98 valence electrons. The van der Waals surface area contributed by atoms with Gasteiger partial charge in [-0.15, -0.1) is 5.10 Å². The van der Waals surface area contributed by atoms with E-state index in [1.807, 2.05) is 0 Å². The zero-order valence-corrected chi connectivity index (χ0v) is 9.68. The number of rotatable bonds is 3. The SMILES string of the molecule is O=C(O)CC1CCCCN1c1n[nH]c(=O)[nH]c1=O. The van der Waals surface area contributed by atoms with Gasteiger partial charge in [0.1, 0.15) is 0 Å². The number of carboxylic acids is 1. The van der Waals surface area contributed by atoms with Gasteiger partial charge in [-0.2, -0.15) is 0 Å². The van der Waals surface area contributed by atoms with E-state index in [0.29, 0.717) is 13.0 Å². The van der Waals surface area contributed by atoms with E-state index < -0.39 is 17.2 Å². The van der Waals surface area contributed by atoms with Crippen molar-refractivity contribution in [1.29, 1.82) is 0 Å². The minimum Gasteiger partial charge on any atom is -0.481 e. The molecule has 1 aromatic heterocycles. The zero-order valence-electron chi connectivity index (χ0n) is 9.68. The number of carboxylic acid groups (broad SMARTS) is 1. The molecule has 1 atom stereocenters. The number of piperidine rings is 1. The summed E-state index contributed by atoms with van der Waals surface area (Å²) in [5.74, 6) is -0.826. The van der Waals surface area contributed by atoms with E-state index in [4.69, 9.17) is 5.11 Å². The van der Waals surface area contributed by atoms with Crippen LogP contribution in [0.4, 0.5) is 5.82 Å². The molecule has 1 aliphatic heterocycles. The lowest BCUT2D eigenvalue weighted by Gasteiger charge is -2.34. The molecule has 3 N–H and O–H groups in total. The smallest absolute Gasteiger partial charge is 0.342 e. The Morgan fingerprint density at radius 1 is 1.44 bits per heavy atom. The number of aliphatic carboxylic acids is 1. The number of hydrogen-bond acceptors (Lipinski definition) is 5. The highest BCUT2D eigenvalue weighted by Crippen LogP contribution is 2.22. The number of H-pyrrole nitrogens is 2. The molecular weight excluding hydrogens is 240 g/mol. The Bertz CT molecular complexity index is 549. The van der Waals surface area contributed by atoms with Crippen LogP contribution in [-0.4, -0.2) is 38.8 Å². The minimum atomic E-state index is -0.909. The minimum absolute atomic E-state index is 0.0414. The Morgan fingerprint density at radius 3 is 2.89 bits per heavy atom. The molecule has 1 saturated heterocycles. The van der Waals surface area contributed by atoms with E-state index in [1.54, 1.807) is 4.90 Å². The van der Waals surface area contributed by atoms with Crippen molar-refractivity contribution >= 4 is 11.8 Å². The summed E-state index contributed by atoms with van der Waals surface area (Å²) in [6, 6.07) is -0.254. The molecule has 2 rings (SSSR count). The lowest BCUT2D eigenvalue weighted by Crippen LogP contribution is -2.45. The van der Waals surface area contributed by atoms with Gasteiger partial charge in [0, 0.05) is 12.6 Å². The molecule has 0 amide bonds. The van der Waals surface area contributed by atoms with Gasteiger partial charge in [0.15, 0.2) is 0 Å². The highest BCUT2D eigenvalue weighted by Gasteiger charge is 2.27. The first-order valence-corrected chi connectivity index (χ1v) is 5.75. The van der Waals surface area contributed by atoms with Crippen molar-refractivity contribution in [3.05, 3.63) is 20.8 Å². The van der Waals surface area contributed by atoms with Crippen LogP contribution in [0, 0.1) is 0 Å². The first kappa shape index (κ1) is 12.3. The molecule has 0 aromatic carbocycles. The average molecular weight is 254 g/mol. The molecule has 0 spiro atoms. The third kappa shape index (κ3) is 2.58. The molecule has 1 fully saturated rings. The first-order chi connectivity index (χ1) is 8.58. The predicted molar refractivity (Wildman–Crippen MR) is 62.7 cm³/mol. The normalized spacial score (nSPS) is 19.8. The number of hydrogen-bond donors (Lipinski definition) is 3. The molecule has 18 heavy (non-hydrogen) atoms. The molecule has 1 aliphatic rings. The Kier molecular flexibility index (Phi) is 3.45. The Balaban J connectivity index is 2.30. The molecule has 0 saturated carbocycles. The van der Waals surface area contributed by atoms with Crippen LogP contribution in [0.1, 0.15) is 25.7 Å². The van der Waals surface area contributed by atoms with Crippen molar-refractivity contribution < 1.29 is 9.90 Å². The zero-order chi connectivity index (χ0) is 13.1. The maximum Gasteiger partial charge on any atom is 0.342 e. The standard InChI is InChI=1S/C10H14N4O4/c15-7(16)5-6-3-1-2-4-14(6)8-9(17)11-10(18)13-12-8/h6H,1-5H2,(H,15,16)(H2,11,13,17,18). The number of aromatic amines is 2. The molecule has 0 aliphatic carbocycles. The summed E-state index contributed by atoms with van der Waals surface area (Å²) in [5, 5.41) is 14.7. The number of nitrogens with zero attached hydrogens (tertiary/aromatic N) is 2. The van der Waals surface area contributed by atoms with Gasteiger partial charge in [-0.05, 0) is 19.3 Å². The van der Waals surface area contributed by atoms with E-state index >= 15 is 0 Å². The molecule has 8 heteroatoms. The van der Waals surface area contributed by atoms with Gasteiger partial charge < -0.3 is 10.0 Å². The third-order valence-electron chi connectivity index (χ3n) is 3.00. The summed E-state index contributed by atoms with van der Waals surface area (Å²) < 4.78 is 0. The van der Waals surface area contributed by atoms with E-state index in [1.165, 1.54) is 0 Å². The van der Waals surface area contributed by atoms with E-state index in [-0.39, 0.29) is 18.3 Å². The lowest BCUT2D eigenvalue weighted by atomic mass is 9.99. The van der Waals surface area contributed by atoms with Crippen LogP contribution in [0.3, 0.4) is 0 Å². The largest absolute Gasteiger partial charge is 0.481 e. The van der Waals surface area contributed by atoms with Crippen molar-refractivity contribution in [2.24, 2.45) is 0 Å². The fraction of sp³-hybridized carbons (Fsp3) is 0.600. The summed E-state index contributed by atoms with van der Waals surface area (Å²) in [6.07, 6.45) is 2.46. The molecular formula is C10H14N4O4.